The molecular formula is C11H18N2. The molecule has 72 valence electrons. The van der Waals surface area contributed by atoms with Crippen LogP contribution < -0.4 is 0 Å². The zero-order valence-electron chi connectivity index (χ0n) is 8.91. The van der Waals surface area contributed by atoms with Crippen molar-refractivity contribution in [2.24, 2.45) is 13.0 Å². The second kappa shape index (κ2) is 3.77. The Morgan fingerprint density at radius 3 is 2.46 bits per heavy atom. The molecule has 0 N–H and O–H groups in total. The molecule has 0 aliphatic rings. The minimum absolute atomic E-state index is 0.547. The Bertz CT molecular complexity index is 297. The van der Waals surface area contributed by atoms with Gasteiger partial charge in [-0.15, -0.1) is 0 Å². The number of rotatable bonds is 3. The van der Waals surface area contributed by atoms with E-state index in [4.69, 9.17) is 0 Å². The highest BCUT2D eigenvalue weighted by molar-refractivity contribution is 5.42. The summed E-state index contributed by atoms with van der Waals surface area (Å²) in [6.07, 6.45) is 1.79. The molecule has 1 heterocycles. The van der Waals surface area contributed by atoms with E-state index in [0.29, 0.717) is 11.8 Å². The van der Waals surface area contributed by atoms with Crippen molar-refractivity contribution in [3.8, 4) is 0 Å². The number of hydrogen-bond acceptors (Lipinski definition) is 1. The van der Waals surface area contributed by atoms with Gasteiger partial charge in [-0.3, -0.25) is 4.68 Å². The van der Waals surface area contributed by atoms with Crippen LogP contribution >= 0.6 is 0 Å². The molecule has 1 rings (SSSR count). The first-order chi connectivity index (χ1) is 6.06. The molecule has 0 spiro atoms. The molecule has 1 unspecified atom stereocenters. The second-order valence-electron chi connectivity index (χ2n) is 3.85. The van der Waals surface area contributed by atoms with Crippen LogP contribution in [0.2, 0.25) is 0 Å². The van der Waals surface area contributed by atoms with Gasteiger partial charge in [-0.05, 0) is 18.1 Å². The topological polar surface area (TPSA) is 17.8 Å². The van der Waals surface area contributed by atoms with Gasteiger partial charge in [-0.25, -0.2) is 0 Å². The Labute approximate surface area is 80.3 Å². The molecule has 0 aliphatic carbocycles. The summed E-state index contributed by atoms with van der Waals surface area (Å²) in [7, 11) is 1.99. The van der Waals surface area contributed by atoms with Gasteiger partial charge in [-0.2, -0.15) is 5.10 Å². The van der Waals surface area contributed by atoms with Gasteiger partial charge in [0, 0.05) is 18.7 Å². The van der Waals surface area contributed by atoms with Gasteiger partial charge >= 0.3 is 0 Å². The van der Waals surface area contributed by atoms with E-state index in [-0.39, 0.29) is 0 Å². The van der Waals surface area contributed by atoms with Crippen molar-refractivity contribution in [3.05, 3.63) is 24.0 Å². The molecule has 0 bridgehead atoms. The third-order valence-corrected chi connectivity index (χ3v) is 2.61. The molecule has 1 atom stereocenters. The van der Waals surface area contributed by atoms with Crippen LogP contribution in [-0.2, 0) is 7.05 Å². The van der Waals surface area contributed by atoms with Crippen molar-refractivity contribution < 1.29 is 0 Å². The fraction of sp³-hybridized carbons (Fsp3) is 0.545. The Morgan fingerprint density at radius 1 is 1.46 bits per heavy atom. The molecule has 0 aromatic carbocycles. The quantitative estimate of drug-likeness (QED) is 0.696. The number of nitrogens with zero attached hydrogens (tertiary/aromatic N) is 2. The molecule has 2 nitrogen and oxygen atoms in total. The highest BCUT2D eigenvalue weighted by Gasteiger charge is 2.14. The fourth-order valence-corrected chi connectivity index (χ4v) is 1.37. The zero-order valence-corrected chi connectivity index (χ0v) is 8.91. The summed E-state index contributed by atoms with van der Waals surface area (Å²) in [6, 6.07) is 2.11. The molecule has 1 aromatic heterocycles. The molecule has 0 amide bonds. The molecule has 0 fully saturated rings. The molecular weight excluding hydrogens is 160 g/mol. The lowest BCUT2D eigenvalue weighted by molar-refractivity contribution is 0.498. The summed E-state index contributed by atoms with van der Waals surface area (Å²) in [5, 5.41) is 4.33. The van der Waals surface area contributed by atoms with Crippen LogP contribution in [0.4, 0.5) is 0 Å². The first-order valence-electron chi connectivity index (χ1n) is 4.72. The van der Waals surface area contributed by atoms with E-state index >= 15 is 0 Å². The van der Waals surface area contributed by atoms with Crippen LogP contribution in [0, 0.1) is 5.92 Å². The second-order valence-corrected chi connectivity index (χ2v) is 3.85. The summed E-state index contributed by atoms with van der Waals surface area (Å²) >= 11 is 0. The number of aryl methyl sites for hydroxylation is 1. The molecule has 2 heteroatoms. The average molecular weight is 178 g/mol. The highest BCUT2D eigenvalue weighted by atomic mass is 15.3. The average Bonchev–Trinajstić information content (AvgIpc) is 2.45. The Hall–Kier alpha value is -1.05. The van der Waals surface area contributed by atoms with Gasteiger partial charge in [0.1, 0.15) is 0 Å². The third-order valence-electron chi connectivity index (χ3n) is 2.61. The highest BCUT2D eigenvalue weighted by Crippen LogP contribution is 2.23. The van der Waals surface area contributed by atoms with Crippen molar-refractivity contribution in [1.82, 2.24) is 9.78 Å². The smallest absolute Gasteiger partial charge is 0.0847 e. The van der Waals surface area contributed by atoms with Crippen LogP contribution in [0.25, 0.3) is 6.08 Å². The van der Waals surface area contributed by atoms with E-state index in [2.05, 4.69) is 38.5 Å². The van der Waals surface area contributed by atoms with Gasteiger partial charge in [0.2, 0.25) is 0 Å². The SMILES string of the molecule is C=Cc1cc(C(C)C(C)C)n(C)n1. The van der Waals surface area contributed by atoms with Crippen molar-refractivity contribution in [2.75, 3.05) is 0 Å². The molecule has 1 aromatic rings. The van der Waals surface area contributed by atoms with Gasteiger partial charge in [0.15, 0.2) is 0 Å². The summed E-state index contributed by atoms with van der Waals surface area (Å²) in [6.45, 7) is 10.4. The summed E-state index contributed by atoms with van der Waals surface area (Å²) in [5.74, 6) is 1.19. The maximum absolute atomic E-state index is 4.33. The van der Waals surface area contributed by atoms with Crippen LogP contribution in [-0.4, -0.2) is 9.78 Å². The summed E-state index contributed by atoms with van der Waals surface area (Å²) < 4.78 is 1.95. The van der Waals surface area contributed by atoms with Crippen molar-refractivity contribution in [3.63, 3.8) is 0 Å². The van der Waals surface area contributed by atoms with E-state index in [1.165, 1.54) is 5.69 Å². The minimum atomic E-state index is 0.547. The van der Waals surface area contributed by atoms with E-state index in [1.54, 1.807) is 6.08 Å². The van der Waals surface area contributed by atoms with Crippen molar-refractivity contribution >= 4 is 6.08 Å². The van der Waals surface area contributed by atoms with Crippen LogP contribution in [0.1, 0.15) is 38.1 Å². The van der Waals surface area contributed by atoms with Gasteiger partial charge in [0.25, 0.3) is 0 Å². The molecule has 0 aliphatic heterocycles. The Morgan fingerprint density at radius 2 is 2.08 bits per heavy atom. The first kappa shape index (κ1) is 10.0. The number of aromatic nitrogens is 2. The van der Waals surface area contributed by atoms with E-state index < -0.39 is 0 Å². The van der Waals surface area contributed by atoms with Gasteiger partial charge in [-0.1, -0.05) is 27.4 Å². The lowest BCUT2D eigenvalue weighted by atomic mass is 9.94. The largest absolute Gasteiger partial charge is 0.272 e. The predicted molar refractivity (Wildman–Crippen MR) is 56.6 cm³/mol. The number of hydrogen-bond donors (Lipinski definition) is 0. The normalized spacial score (nSPS) is 13.3. The predicted octanol–water partition coefficient (Wildman–Crippen LogP) is 2.82. The van der Waals surface area contributed by atoms with E-state index in [9.17, 15) is 0 Å². The molecule has 13 heavy (non-hydrogen) atoms. The third kappa shape index (κ3) is 2.00. The first-order valence-corrected chi connectivity index (χ1v) is 4.72. The van der Waals surface area contributed by atoms with E-state index in [0.717, 1.165) is 5.69 Å². The standard InChI is InChI=1S/C11H18N2/c1-6-10-7-11(13(5)12-10)9(4)8(2)3/h6-9H,1H2,2-5H3. The van der Waals surface area contributed by atoms with Crippen molar-refractivity contribution in [2.45, 2.75) is 26.7 Å². The summed E-state index contributed by atoms with van der Waals surface area (Å²) in [4.78, 5) is 0. The minimum Gasteiger partial charge on any atom is -0.272 e. The molecule has 0 radical (unpaired) electrons. The van der Waals surface area contributed by atoms with Gasteiger partial charge in [0.05, 0.1) is 5.69 Å². The van der Waals surface area contributed by atoms with Crippen molar-refractivity contribution in [1.29, 1.82) is 0 Å². The van der Waals surface area contributed by atoms with Crippen LogP contribution in [0.15, 0.2) is 12.6 Å². The maximum Gasteiger partial charge on any atom is 0.0847 e. The lowest BCUT2D eigenvalue weighted by Gasteiger charge is -2.15. The zero-order chi connectivity index (χ0) is 10.0. The molecule has 0 saturated heterocycles. The van der Waals surface area contributed by atoms with Gasteiger partial charge < -0.3 is 0 Å². The molecule has 0 saturated carbocycles. The van der Waals surface area contributed by atoms with Crippen LogP contribution in [0.5, 0.6) is 0 Å². The fourth-order valence-electron chi connectivity index (χ4n) is 1.37. The summed E-state index contributed by atoms with van der Waals surface area (Å²) in [5.41, 5.74) is 2.25. The maximum atomic E-state index is 4.33. The van der Waals surface area contributed by atoms with Crippen LogP contribution in [0.3, 0.4) is 0 Å². The Balaban J connectivity index is 2.99. The van der Waals surface area contributed by atoms with E-state index in [1.807, 2.05) is 11.7 Å². The monoisotopic (exact) mass is 178 g/mol. The Kier molecular flexibility index (Phi) is 2.91. The lowest BCUT2D eigenvalue weighted by Crippen LogP contribution is -2.07.